The van der Waals surface area contributed by atoms with E-state index in [1.54, 1.807) is 14.2 Å². The molecule has 5 atom stereocenters. The molecule has 1 heterocycles. The number of benzene rings is 1. The highest BCUT2D eigenvalue weighted by atomic mass is 28.4. The van der Waals surface area contributed by atoms with Crippen molar-refractivity contribution in [1.82, 2.24) is 0 Å². The molecule has 0 bridgehead atoms. The predicted molar refractivity (Wildman–Crippen MR) is 129 cm³/mol. The molecule has 0 saturated carbocycles. The first-order chi connectivity index (χ1) is 15.1. The Hall–Kier alpha value is -1.06. The van der Waals surface area contributed by atoms with Crippen molar-refractivity contribution in [3.8, 4) is 0 Å². The maximum absolute atomic E-state index is 6.89. The first kappa shape index (κ1) is 27.2. The molecule has 2 rings (SSSR count). The summed E-state index contributed by atoms with van der Waals surface area (Å²) in [5, 5.41) is 0.0443. The zero-order chi connectivity index (χ0) is 23.8. The van der Waals surface area contributed by atoms with Gasteiger partial charge in [0.2, 0.25) is 0 Å². The second-order valence-corrected chi connectivity index (χ2v) is 14.6. The molecule has 1 aromatic rings. The number of methoxy groups -OCH3 is 2. The molecule has 1 aliphatic heterocycles. The molecule has 1 aliphatic rings. The lowest BCUT2D eigenvalue weighted by Gasteiger charge is -2.49. The van der Waals surface area contributed by atoms with E-state index in [0.717, 1.165) is 5.56 Å². The van der Waals surface area contributed by atoms with Gasteiger partial charge >= 0.3 is 0 Å². The van der Waals surface area contributed by atoms with Crippen LogP contribution in [-0.2, 0) is 34.7 Å². The number of hydrogen-bond acceptors (Lipinski definition) is 6. The first-order valence-corrected chi connectivity index (χ1v) is 14.2. The fourth-order valence-corrected chi connectivity index (χ4v) is 4.93. The number of ether oxygens (including phenoxy) is 5. The van der Waals surface area contributed by atoms with Crippen LogP contribution in [0.3, 0.4) is 0 Å². The van der Waals surface area contributed by atoms with Crippen LogP contribution < -0.4 is 0 Å². The maximum atomic E-state index is 6.89. The van der Waals surface area contributed by atoms with Crippen LogP contribution in [0.4, 0.5) is 0 Å². The van der Waals surface area contributed by atoms with E-state index >= 15 is 0 Å². The Morgan fingerprint density at radius 2 is 1.72 bits per heavy atom. The Kier molecular flexibility index (Phi) is 10.5. The quantitative estimate of drug-likeness (QED) is 0.247. The molecule has 0 aliphatic carbocycles. The van der Waals surface area contributed by atoms with Gasteiger partial charge in [0.1, 0.15) is 31.2 Å². The van der Waals surface area contributed by atoms with Crippen LogP contribution in [0.15, 0.2) is 43.0 Å². The van der Waals surface area contributed by atoms with Gasteiger partial charge in [0.05, 0.1) is 19.3 Å². The fourth-order valence-electron chi connectivity index (χ4n) is 3.63. The zero-order valence-corrected chi connectivity index (χ0v) is 21.8. The Labute approximate surface area is 195 Å². The van der Waals surface area contributed by atoms with Gasteiger partial charge in [-0.2, -0.15) is 0 Å². The monoisotopic (exact) mass is 466 g/mol. The Morgan fingerprint density at radius 1 is 1.03 bits per heavy atom. The summed E-state index contributed by atoms with van der Waals surface area (Å²) in [5.74, 6) is 0. The summed E-state index contributed by atoms with van der Waals surface area (Å²) in [6.45, 7) is 16.2. The normalized spacial score (nSPS) is 26.8. The van der Waals surface area contributed by atoms with Crippen molar-refractivity contribution in [2.45, 2.75) is 82.5 Å². The molecular weight excluding hydrogens is 424 g/mol. The molecule has 5 unspecified atom stereocenters. The van der Waals surface area contributed by atoms with E-state index in [2.05, 4.69) is 40.4 Å². The van der Waals surface area contributed by atoms with E-state index in [0.29, 0.717) is 19.6 Å². The summed E-state index contributed by atoms with van der Waals surface area (Å²) in [6, 6.07) is 10.1. The van der Waals surface area contributed by atoms with Gasteiger partial charge in [-0.05, 0) is 30.1 Å². The van der Waals surface area contributed by atoms with Crippen LogP contribution in [0.25, 0.3) is 0 Å². The molecule has 0 N–H and O–H groups in total. The Balaban J connectivity index is 2.25. The van der Waals surface area contributed by atoms with Crippen molar-refractivity contribution in [2.24, 2.45) is 0 Å². The van der Waals surface area contributed by atoms with Crippen molar-refractivity contribution in [1.29, 1.82) is 0 Å². The van der Waals surface area contributed by atoms with Crippen molar-refractivity contribution in [3.05, 3.63) is 48.6 Å². The van der Waals surface area contributed by atoms with Crippen molar-refractivity contribution in [3.63, 3.8) is 0 Å². The maximum Gasteiger partial charge on any atom is 0.192 e. The molecule has 1 saturated heterocycles. The van der Waals surface area contributed by atoms with E-state index in [1.807, 2.05) is 36.4 Å². The van der Waals surface area contributed by atoms with Crippen molar-refractivity contribution in [2.75, 3.05) is 27.6 Å². The topological polar surface area (TPSA) is 55.4 Å². The molecule has 32 heavy (non-hydrogen) atoms. The molecule has 0 radical (unpaired) electrons. The van der Waals surface area contributed by atoms with E-state index in [9.17, 15) is 0 Å². The second-order valence-electron chi connectivity index (χ2n) is 9.82. The van der Waals surface area contributed by atoms with Crippen molar-refractivity contribution >= 4 is 8.32 Å². The summed E-state index contributed by atoms with van der Waals surface area (Å²) in [6.07, 6.45) is 1.00. The molecule has 182 valence electrons. The molecule has 6 nitrogen and oxygen atoms in total. The van der Waals surface area contributed by atoms with Gasteiger partial charge in [-0.3, -0.25) is 0 Å². The summed E-state index contributed by atoms with van der Waals surface area (Å²) >= 11 is 0. The van der Waals surface area contributed by atoms with Crippen LogP contribution >= 0.6 is 0 Å². The lowest BCUT2D eigenvalue weighted by molar-refractivity contribution is -0.258. The van der Waals surface area contributed by atoms with Gasteiger partial charge in [-0.1, -0.05) is 57.2 Å². The number of rotatable bonds is 12. The largest absolute Gasteiger partial charge is 0.408 e. The highest BCUT2D eigenvalue weighted by Crippen LogP contribution is 2.40. The van der Waals surface area contributed by atoms with Gasteiger partial charge < -0.3 is 28.1 Å². The summed E-state index contributed by atoms with van der Waals surface area (Å²) in [5.41, 5.74) is 1.12. The van der Waals surface area contributed by atoms with E-state index in [1.165, 1.54) is 0 Å². The lowest BCUT2D eigenvalue weighted by atomic mass is 9.93. The van der Waals surface area contributed by atoms with Crippen molar-refractivity contribution < 1.29 is 28.1 Å². The van der Waals surface area contributed by atoms with Gasteiger partial charge in [0, 0.05) is 14.2 Å². The molecule has 1 fully saturated rings. The second kappa shape index (κ2) is 12.4. The molecule has 0 aromatic heterocycles. The van der Waals surface area contributed by atoms with Crippen LogP contribution in [0.1, 0.15) is 32.8 Å². The van der Waals surface area contributed by atoms with E-state index in [4.69, 9.17) is 28.1 Å². The predicted octanol–water partition coefficient (Wildman–Crippen LogP) is 4.94. The minimum absolute atomic E-state index is 0.0443. The van der Waals surface area contributed by atoms with Gasteiger partial charge in [-0.15, -0.1) is 6.58 Å². The standard InChI is InChI=1S/C25H42O6Si/c1-9-13-20-23(29-18-26-5)24(31-32(7,8)25(2,3)4)22(27-6)21(30-20)17-28-16-19-14-11-10-12-15-19/h9-12,14-15,20-24H,1,13,16-18H2,2-8H3. The average molecular weight is 467 g/mol. The van der Waals surface area contributed by atoms with E-state index in [-0.39, 0.29) is 42.4 Å². The summed E-state index contributed by atoms with van der Waals surface area (Å²) in [4.78, 5) is 0. The summed E-state index contributed by atoms with van der Waals surface area (Å²) < 4.78 is 36.6. The minimum atomic E-state index is -2.12. The van der Waals surface area contributed by atoms with Gasteiger partial charge in [0.15, 0.2) is 8.32 Å². The highest BCUT2D eigenvalue weighted by molar-refractivity contribution is 6.74. The average Bonchev–Trinajstić information content (AvgIpc) is 2.73. The molecule has 1 aromatic carbocycles. The molecule has 0 spiro atoms. The highest BCUT2D eigenvalue weighted by Gasteiger charge is 2.51. The lowest BCUT2D eigenvalue weighted by Crippen LogP contribution is -2.64. The molecular formula is C25H42O6Si. The molecule has 0 amide bonds. The third-order valence-electron chi connectivity index (χ3n) is 6.41. The first-order valence-electron chi connectivity index (χ1n) is 11.3. The van der Waals surface area contributed by atoms with Crippen LogP contribution in [0, 0.1) is 0 Å². The van der Waals surface area contributed by atoms with Crippen LogP contribution in [-0.4, -0.2) is 66.5 Å². The van der Waals surface area contributed by atoms with Gasteiger partial charge in [-0.25, -0.2) is 0 Å². The van der Waals surface area contributed by atoms with Crippen LogP contribution in [0.5, 0.6) is 0 Å². The fraction of sp³-hybridized carbons (Fsp3) is 0.680. The smallest absolute Gasteiger partial charge is 0.192 e. The third kappa shape index (κ3) is 7.22. The third-order valence-corrected chi connectivity index (χ3v) is 10.9. The summed E-state index contributed by atoms with van der Waals surface area (Å²) in [7, 11) is 1.19. The van der Waals surface area contributed by atoms with E-state index < -0.39 is 8.32 Å². The Morgan fingerprint density at radius 3 is 2.28 bits per heavy atom. The van der Waals surface area contributed by atoms with Crippen LogP contribution in [0.2, 0.25) is 18.1 Å². The SMILES string of the molecule is C=CCC1OC(COCc2ccccc2)C(OC)C(O[Si](C)(C)C(C)(C)C)C1OCOC. The number of hydrogen-bond donors (Lipinski definition) is 0. The minimum Gasteiger partial charge on any atom is -0.408 e. The zero-order valence-electron chi connectivity index (χ0n) is 20.8. The Bertz CT molecular complexity index is 675. The van der Waals surface area contributed by atoms with Gasteiger partial charge in [0.25, 0.3) is 0 Å². The molecule has 7 heteroatoms.